The van der Waals surface area contributed by atoms with Crippen molar-refractivity contribution in [3.05, 3.63) is 21.3 Å². The van der Waals surface area contributed by atoms with E-state index < -0.39 is 5.97 Å². The molecule has 1 aromatic rings. The maximum Gasteiger partial charge on any atom is 0.323 e. The van der Waals surface area contributed by atoms with Crippen molar-refractivity contribution < 1.29 is 14.7 Å². The maximum atomic E-state index is 12.1. The number of nitrogens with zero attached hydrogens (tertiary/aromatic N) is 1. The van der Waals surface area contributed by atoms with Crippen LogP contribution in [-0.2, 0) is 4.79 Å². The van der Waals surface area contributed by atoms with E-state index in [0.29, 0.717) is 15.6 Å². The highest BCUT2D eigenvalue weighted by atomic mass is 35.5. The summed E-state index contributed by atoms with van der Waals surface area (Å²) in [6.07, 6.45) is 0.706. The van der Waals surface area contributed by atoms with Gasteiger partial charge in [-0.1, -0.05) is 18.5 Å². The Morgan fingerprint density at radius 1 is 1.53 bits per heavy atom. The fraction of sp³-hybridized carbons (Fsp3) is 0.455. The lowest BCUT2D eigenvalue weighted by Crippen LogP contribution is -2.41. The Morgan fingerprint density at radius 3 is 2.59 bits per heavy atom. The highest BCUT2D eigenvalue weighted by Gasteiger charge is 2.23. The number of carboxylic acids is 1. The van der Waals surface area contributed by atoms with Crippen molar-refractivity contribution in [3.63, 3.8) is 0 Å². The molecule has 0 aliphatic heterocycles. The zero-order valence-corrected chi connectivity index (χ0v) is 11.2. The normalized spacial score (nSPS) is 12.2. The van der Waals surface area contributed by atoms with Gasteiger partial charge in [-0.3, -0.25) is 9.59 Å². The van der Waals surface area contributed by atoms with E-state index in [1.807, 2.05) is 13.8 Å². The molecule has 4 nitrogen and oxygen atoms in total. The molecule has 1 unspecified atom stereocenters. The van der Waals surface area contributed by atoms with Crippen molar-refractivity contribution in [2.45, 2.75) is 26.3 Å². The first kappa shape index (κ1) is 14.0. The van der Waals surface area contributed by atoms with E-state index >= 15 is 0 Å². The van der Waals surface area contributed by atoms with Gasteiger partial charge in [0.05, 0.1) is 9.21 Å². The van der Waals surface area contributed by atoms with Gasteiger partial charge in [-0.05, 0) is 25.5 Å². The van der Waals surface area contributed by atoms with Gasteiger partial charge in [-0.25, -0.2) is 0 Å². The number of halogens is 1. The summed E-state index contributed by atoms with van der Waals surface area (Å²) in [5.41, 5.74) is 0. The maximum absolute atomic E-state index is 12.1. The van der Waals surface area contributed by atoms with Gasteiger partial charge < -0.3 is 10.0 Å². The molecule has 0 aromatic carbocycles. The summed E-state index contributed by atoms with van der Waals surface area (Å²) in [5, 5.41) is 8.81. The molecule has 0 saturated carbocycles. The van der Waals surface area contributed by atoms with E-state index in [2.05, 4.69) is 0 Å². The van der Waals surface area contributed by atoms with Crippen molar-refractivity contribution in [1.82, 2.24) is 4.90 Å². The van der Waals surface area contributed by atoms with Crippen LogP contribution in [0.1, 0.15) is 29.9 Å². The van der Waals surface area contributed by atoms with E-state index in [-0.39, 0.29) is 18.5 Å². The highest BCUT2D eigenvalue weighted by Crippen LogP contribution is 2.23. The molecule has 0 aliphatic rings. The number of carboxylic acid groups (broad SMARTS) is 1. The van der Waals surface area contributed by atoms with Crippen molar-refractivity contribution >= 4 is 34.8 Å². The number of aliphatic carboxylic acids is 1. The predicted octanol–water partition coefficient (Wildman–Crippen LogP) is 2.73. The van der Waals surface area contributed by atoms with E-state index in [9.17, 15) is 9.59 Å². The minimum atomic E-state index is -1.01. The Bertz CT molecular complexity index is 419. The van der Waals surface area contributed by atoms with Gasteiger partial charge in [-0.2, -0.15) is 0 Å². The van der Waals surface area contributed by atoms with Crippen LogP contribution in [0.25, 0.3) is 0 Å². The van der Waals surface area contributed by atoms with Gasteiger partial charge in [0.2, 0.25) is 0 Å². The molecule has 1 amide bonds. The predicted molar refractivity (Wildman–Crippen MR) is 67.8 cm³/mol. The molecule has 1 heterocycles. The van der Waals surface area contributed by atoms with E-state index in [1.165, 1.54) is 4.90 Å². The number of carbonyl (C=O) groups is 2. The van der Waals surface area contributed by atoms with Crippen molar-refractivity contribution in [3.8, 4) is 0 Å². The lowest BCUT2D eigenvalue weighted by Gasteiger charge is -2.26. The second-order valence-electron chi connectivity index (χ2n) is 3.69. The topological polar surface area (TPSA) is 57.6 Å². The fourth-order valence-electron chi connectivity index (χ4n) is 1.36. The van der Waals surface area contributed by atoms with Crippen molar-refractivity contribution in [2.24, 2.45) is 0 Å². The van der Waals surface area contributed by atoms with Gasteiger partial charge in [0.25, 0.3) is 5.91 Å². The molecular formula is C11H14ClNO3S. The van der Waals surface area contributed by atoms with Crippen LogP contribution >= 0.6 is 22.9 Å². The molecule has 94 valence electrons. The number of hydrogen-bond acceptors (Lipinski definition) is 3. The minimum Gasteiger partial charge on any atom is -0.480 e. The largest absolute Gasteiger partial charge is 0.480 e. The summed E-state index contributed by atoms with van der Waals surface area (Å²) in [6, 6.07) is 3.14. The standard InChI is InChI=1S/C11H14ClNO3S/c1-3-7(2)13(6-10(14)15)11(16)8-4-5-9(12)17-8/h4-5,7H,3,6H2,1-2H3,(H,14,15). The number of thiophene rings is 1. The van der Waals surface area contributed by atoms with Crippen LogP contribution < -0.4 is 0 Å². The molecule has 0 bridgehead atoms. The summed E-state index contributed by atoms with van der Waals surface area (Å²) < 4.78 is 0.521. The van der Waals surface area contributed by atoms with Crippen LogP contribution in [0.15, 0.2) is 12.1 Å². The van der Waals surface area contributed by atoms with Crippen LogP contribution in [0, 0.1) is 0 Å². The first-order chi connectivity index (χ1) is 7.95. The monoisotopic (exact) mass is 275 g/mol. The average molecular weight is 276 g/mol. The molecule has 17 heavy (non-hydrogen) atoms. The minimum absolute atomic E-state index is 0.112. The summed E-state index contributed by atoms with van der Waals surface area (Å²) in [4.78, 5) is 24.7. The number of hydrogen-bond donors (Lipinski definition) is 1. The van der Waals surface area contributed by atoms with Gasteiger partial charge >= 0.3 is 5.97 Å². The second kappa shape index (κ2) is 6.02. The van der Waals surface area contributed by atoms with Crippen LogP contribution in [0.3, 0.4) is 0 Å². The number of carbonyl (C=O) groups excluding carboxylic acids is 1. The zero-order valence-electron chi connectivity index (χ0n) is 9.64. The molecule has 1 atom stereocenters. The Kier molecular flexibility index (Phi) is 4.96. The lowest BCUT2D eigenvalue weighted by molar-refractivity contribution is -0.138. The van der Waals surface area contributed by atoms with Crippen molar-refractivity contribution in [2.75, 3.05) is 6.54 Å². The summed E-state index contributed by atoms with van der Waals surface area (Å²) in [6.45, 7) is 3.45. The first-order valence-electron chi connectivity index (χ1n) is 5.23. The van der Waals surface area contributed by atoms with Gasteiger partial charge in [-0.15, -0.1) is 11.3 Å². The Morgan fingerprint density at radius 2 is 2.18 bits per heavy atom. The third-order valence-corrected chi connectivity index (χ3v) is 3.69. The van der Waals surface area contributed by atoms with Crippen LogP contribution in [0.4, 0.5) is 0 Å². The van der Waals surface area contributed by atoms with Crippen LogP contribution in [0.2, 0.25) is 4.34 Å². The Balaban J connectivity index is 2.89. The second-order valence-corrected chi connectivity index (χ2v) is 5.40. The SMILES string of the molecule is CCC(C)N(CC(=O)O)C(=O)c1ccc(Cl)s1. The van der Waals surface area contributed by atoms with E-state index in [4.69, 9.17) is 16.7 Å². The number of rotatable bonds is 5. The molecular weight excluding hydrogens is 262 g/mol. The quantitative estimate of drug-likeness (QED) is 0.899. The molecule has 1 aromatic heterocycles. The number of amides is 1. The third kappa shape index (κ3) is 3.71. The lowest BCUT2D eigenvalue weighted by atomic mass is 10.2. The zero-order chi connectivity index (χ0) is 13.0. The Labute approximate surface area is 109 Å². The molecule has 0 radical (unpaired) electrons. The van der Waals surface area contributed by atoms with Crippen LogP contribution in [-0.4, -0.2) is 34.5 Å². The molecule has 0 spiro atoms. The third-order valence-electron chi connectivity index (χ3n) is 2.47. The van der Waals surface area contributed by atoms with E-state index in [1.54, 1.807) is 12.1 Å². The van der Waals surface area contributed by atoms with Gasteiger partial charge in [0.15, 0.2) is 0 Å². The fourth-order valence-corrected chi connectivity index (χ4v) is 2.36. The molecule has 1 N–H and O–H groups in total. The summed E-state index contributed by atoms with van der Waals surface area (Å²) in [7, 11) is 0. The first-order valence-corrected chi connectivity index (χ1v) is 6.43. The molecule has 0 fully saturated rings. The van der Waals surface area contributed by atoms with Gasteiger partial charge in [0.1, 0.15) is 6.54 Å². The average Bonchev–Trinajstić information content (AvgIpc) is 2.70. The summed E-state index contributed by atoms with van der Waals surface area (Å²) >= 11 is 6.92. The Hall–Kier alpha value is -1.07. The smallest absolute Gasteiger partial charge is 0.323 e. The van der Waals surface area contributed by atoms with Crippen LogP contribution in [0.5, 0.6) is 0 Å². The highest BCUT2D eigenvalue weighted by molar-refractivity contribution is 7.17. The van der Waals surface area contributed by atoms with Gasteiger partial charge in [0, 0.05) is 6.04 Å². The molecule has 6 heteroatoms. The van der Waals surface area contributed by atoms with Crippen molar-refractivity contribution in [1.29, 1.82) is 0 Å². The molecule has 1 rings (SSSR count). The molecule has 0 aliphatic carbocycles. The summed E-state index contributed by atoms with van der Waals surface area (Å²) in [5.74, 6) is -1.29. The molecule has 0 saturated heterocycles. The van der Waals surface area contributed by atoms with E-state index in [0.717, 1.165) is 11.3 Å².